The van der Waals surface area contributed by atoms with Crippen LogP contribution < -0.4 is 10.6 Å². The molecule has 0 radical (unpaired) electrons. The summed E-state index contributed by atoms with van der Waals surface area (Å²) < 4.78 is 0. The summed E-state index contributed by atoms with van der Waals surface area (Å²) in [4.78, 5) is 52.9. The van der Waals surface area contributed by atoms with Crippen molar-refractivity contribution in [2.45, 2.75) is 18.4 Å². The predicted octanol–water partition coefficient (Wildman–Crippen LogP) is -0.255. The zero-order chi connectivity index (χ0) is 23.7. The second-order valence-corrected chi connectivity index (χ2v) is 7.02. The van der Waals surface area contributed by atoms with E-state index >= 15 is 0 Å². The summed E-state index contributed by atoms with van der Waals surface area (Å²) in [5.41, 5.74) is -0.968. The van der Waals surface area contributed by atoms with Crippen LogP contribution in [-0.2, 0) is 22.4 Å². The first-order valence-electron chi connectivity index (χ1n) is 9.38. The fourth-order valence-electron chi connectivity index (χ4n) is 3.13. The summed E-state index contributed by atoms with van der Waals surface area (Å²) >= 11 is 0. The van der Waals surface area contributed by atoms with Gasteiger partial charge in [0.25, 0.3) is 0 Å². The van der Waals surface area contributed by atoms with Gasteiger partial charge in [0.15, 0.2) is 0 Å². The predicted molar refractivity (Wildman–Crippen MR) is 109 cm³/mol. The number of carbonyl (C=O) groups is 4. The van der Waals surface area contributed by atoms with E-state index in [0.717, 1.165) is 0 Å². The zero-order valence-corrected chi connectivity index (χ0v) is 16.8. The summed E-state index contributed by atoms with van der Waals surface area (Å²) in [7, 11) is 0. The Bertz CT molecular complexity index is 951. The molecule has 12 heteroatoms. The maximum atomic E-state index is 11.3. The largest absolute Gasteiger partial charge is 0.480 e. The lowest BCUT2D eigenvalue weighted by Crippen LogP contribution is -2.57. The van der Waals surface area contributed by atoms with E-state index in [1.54, 1.807) is 12.1 Å². The van der Waals surface area contributed by atoms with E-state index in [0.29, 0.717) is 11.4 Å². The molecule has 6 N–H and O–H groups in total. The fourth-order valence-corrected chi connectivity index (χ4v) is 3.13. The maximum Gasteiger partial charge on any atom is 0.354 e. The molecule has 32 heavy (non-hydrogen) atoms. The molecule has 0 aliphatic heterocycles. The highest BCUT2D eigenvalue weighted by molar-refractivity contribution is 5.85. The number of pyridine rings is 2. The third-order valence-electron chi connectivity index (χ3n) is 4.45. The van der Waals surface area contributed by atoms with Gasteiger partial charge in [0.05, 0.1) is 13.1 Å². The molecule has 0 saturated heterocycles. The Kier molecular flexibility index (Phi) is 8.32. The maximum absolute atomic E-state index is 11.3. The van der Waals surface area contributed by atoms with Crippen molar-refractivity contribution < 1.29 is 39.6 Å². The Morgan fingerprint density at radius 2 is 1.22 bits per heavy atom. The average molecular weight is 446 g/mol. The van der Waals surface area contributed by atoms with Gasteiger partial charge in [-0.05, 0) is 24.3 Å². The molecular formula is C20H22N4O8. The number of carboxylic acids is 4. The Balaban J connectivity index is 2.46. The van der Waals surface area contributed by atoms with Crippen molar-refractivity contribution >= 4 is 23.9 Å². The topological polar surface area (TPSA) is 199 Å². The lowest BCUT2D eigenvalue weighted by Gasteiger charge is -2.35. The molecule has 0 aliphatic carbocycles. The number of nitrogens with zero attached hydrogens (tertiary/aromatic N) is 2. The number of aromatic nitrogens is 2. The lowest BCUT2D eigenvalue weighted by atomic mass is 9.87. The smallest absolute Gasteiger partial charge is 0.354 e. The molecule has 0 fully saturated rings. The molecular weight excluding hydrogens is 424 g/mol. The van der Waals surface area contributed by atoms with Crippen LogP contribution in [0.2, 0.25) is 0 Å². The Labute approximate surface area is 181 Å². The van der Waals surface area contributed by atoms with Gasteiger partial charge in [-0.2, -0.15) is 0 Å². The van der Waals surface area contributed by atoms with Gasteiger partial charge >= 0.3 is 23.9 Å². The van der Waals surface area contributed by atoms with Crippen molar-refractivity contribution in [1.29, 1.82) is 0 Å². The van der Waals surface area contributed by atoms with E-state index in [-0.39, 0.29) is 30.8 Å². The molecule has 0 amide bonds. The number of aromatic carboxylic acids is 2. The molecule has 2 heterocycles. The van der Waals surface area contributed by atoms with Crippen LogP contribution in [0.25, 0.3) is 0 Å². The standard InChI is InChI=1S/C20H22N4O8/c25-16(26)9-21-11-20(22-10-17(27)28,7-12-3-1-5-14(23-12)18(29)30)8-13-4-2-6-15(24-13)19(31)32/h1-6,21-22H,7-11H2,(H,25,26)(H,27,28)(H,29,30)(H,31,32). The number of aliphatic carboxylic acids is 2. The highest BCUT2D eigenvalue weighted by Crippen LogP contribution is 2.19. The number of carboxylic acid groups (broad SMARTS) is 4. The summed E-state index contributed by atoms with van der Waals surface area (Å²) in [6.45, 7) is -0.960. The molecule has 12 nitrogen and oxygen atoms in total. The van der Waals surface area contributed by atoms with E-state index < -0.39 is 42.5 Å². The van der Waals surface area contributed by atoms with Crippen LogP contribution in [0, 0.1) is 0 Å². The monoisotopic (exact) mass is 446 g/mol. The molecule has 2 aromatic heterocycles. The number of rotatable bonds is 13. The van der Waals surface area contributed by atoms with Crippen LogP contribution in [0.4, 0.5) is 0 Å². The summed E-state index contributed by atoms with van der Waals surface area (Å²) in [5.74, 6) is -4.78. The highest BCUT2D eigenvalue weighted by Gasteiger charge is 2.33. The summed E-state index contributed by atoms with van der Waals surface area (Å²) in [5, 5.41) is 42.2. The van der Waals surface area contributed by atoms with E-state index in [1.165, 1.54) is 24.3 Å². The first-order chi connectivity index (χ1) is 15.1. The lowest BCUT2D eigenvalue weighted by molar-refractivity contribution is -0.137. The third-order valence-corrected chi connectivity index (χ3v) is 4.45. The van der Waals surface area contributed by atoms with Gasteiger partial charge in [0.2, 0.25) is 0 Å². The van der Waals surface area contributed by atoms with Crippen LogP contribution in [0.15, 0.2) is 36.4 Å². The number of hydrogen-bond donors (Lipinski definition) is 6. The minimum Gasteiger partial charge on any atom is -0.480 e. The second-order valence-electron chi connectivity index (χ2n) is 7.02. The van der Waals surface area contributed by atoms with E-state index in [4.69, 9.17) is 5.11 Å². The summed E-state index contributed by atoms with van der Waals surface area (Å²) in [6, 6.07) is 8.70. The highest BCUT2D eigenvalue weighted by atomic mass is 16.4. The summed E-state index contributed by atoms with van der Waals surface area (Å²) in [6.07, 6.45) is 0.0139. The Hall–Kier alpha value is -3.90. The van der Waals surface area contributed by atoms with Gasteiger partial charge in [-0.3, -0.25) is 14.9 Å². The van der Waals surface area contributed by atoms with E-state index in [2.05, 4.69) is 20.6 Å². The molecule has 0 aliphatic rings. The first-order valence-corrected chi connectivity index (χ1v) is 9.38. The van der Waals surface area contributed by atoms with Gasteiger partial charge in [0, 0.05) is 36.3 Å². The van der Waals surface area contributed by atoms with Crippen molar-refractivity contribution in [1.82, 2.24) is 20.6 Å². The molecule has 0 saturated carbocycles. The minimum absolute atomic E-state index is 0.00694. The average Bonchev–Trinajstić information content (AvgIpc) is 2.72. The van der Waals surface area contributed by atoms with E-state index in [9.17, 15) is 34.5 Å². The van der Waals surface area contributed by atoms with Crippen molar-refractivity contribution in [3.8, 4) is 0 Å². The van der Waals surface area contributed by atoms with Crippen molar-refractivity contribution in [2.24, 2.45) is 0 Å². The molecule has 2 aromatic rings. The fraction of sp³-hybridized carbons (Fsp3) is 0.300. The zero-order valence-electron chi connectivity index (χ0n) is 16.8. The molecule has 0 unspecified atom stereocenters. The van der Waals surface area contributed by atoms with Gasteiger partial charge in [-0.25, -0.2) is 19.6 Å². The second kappa shape index (κ2) is 10.9. The number of nitrogens with one attached hydrogen (secondary N) is 2. The molecule has 0 aromatic carbocycles. The quantitative estimate of drug-likeness (QED) is 0.236. The van der Waals surface area contributed by atoms with Crippen LogP contribution >= 0.6 is 0 Å². The third kappa shape index (κ3) is 7.41. The first kappa shape index (κ1) is 24.4. The Morgan fingerprint density at radius 1 is 0.750 bits per heavy atom. The minimum atomic E-state index is -1.24. The van der Waals surface area contributed by atoms with Crippen LogP contribution in [0.3, 0.4) is 0 Å². The molecule has 2 rings (SSSR count). The number of hydrogen-bond acceptors (Lipinski definition) is 8. The Morgan fingerprint density at radius 3 is 1.62 bits per heavy atom. The normalized spacial score (nSPS) is 11.1. The van der Waals surface area contributed by atoms with Crippen LogP contribution in [-0.4, -0.2) is 79.4 Å². The van der Waals surface area contributed by atoms with E-state index in [1.807, 2.05) is 0 Å². The van der Waals surface area contributed by atoms with Crippen LogP contribution in [0.5, 0.6) is 0 Å². The van der Waals surface area contributed by atoms with Crippen LogP contribution in [0.1, 0.15) is 32.4 Å². The van der Waals surface area contributed by atoms with Gasteiger partial charge in [-0.1, -0.05) is 12.1 Å². The van der Waals surface area contributed by atoms with Gasteiger partial charge < -0.3 is 25.7 Å². The molecule has 170 valence electrons. The van der Waals surface area contributed by atoms with Gasteiger partial charge in [0.1, 0.15) is 11.4 Å². The molecule has 0 spiro atoms. The van der Waals surface area contributed by atoms with Crippen molar-refractivity contribution in [3.63, 3.8) is 0 Å². The van der Waals surface area contributed by atoms with Gasteiger partial charge in [-0.15, -0.1) is 0 Å². The SMILES string of the molecule is O=C(O)CNCC(Cc1cccc(C(=O)O)n1)(Cc1cccc(C(=O)O)n1)NCC(=O)O. The molecule has 0 bridgehead atoms. The van der Waals surface area contributed by atoms with Crippen molar-refractivity contribution in [2.75, 3.05) is 19.6 Å². The van der Waals surface area contributed by atoms with Crippen molar-refractivity contribution in [3.05, 3.63) is 59.2 Å². The molecule has 0 atom stereocenters.